The van der Waals surface area contributed by atoms with E-state index in [1.807, 2.05) is 18.2 Å². The van der Waals surface area contributed by atoms with Gasteiger partial charge in [0.1, 0.15) is 0 Å². The molecule has 0 aliphatic carbocycles. The van der Waals surface area contributed by atoms with Crippen LogP contribution in [-0.4, -0.2) is 6.04 Å². The smallest absolute Gasteiger partial charge is 0.0439 e. The molecule has 0 amide bonds. The van der Waals surface area contributed by atoms with Gasteiger partial charge in [-0.05, 0) is 36.6 Å². The molecule has 0 aromatic heterocycles. The van der Waals surface area contributed by atoms with Gasteiger partial charge in [-0.3, -0.25) is 0 Å². The van der Waals surface area contributed by atoms with Gasteiger partial charge in [0.25, 0.3) is 0 Å². The lowest BCUT2D eigenvalue weighted by atomic mass is 10.0. The van der Waals surface area contributed by atoms with Gasteiger partial charge >= 0.3 is 0 Å². The van der Waals surface area contributed by atoms with Crippen molar-refractivity contribution in [3.05, 3.63) is 33.8 Å². The molecule has 1 aromatic rings. The lowest BCUT2D eigenvalue weighted by Crippen LogP contribution is -2.22. The summed E-state index contributed by atoms with van der Waals surface area (Å²) in [6.07, 6.45) is 8.30. The number of nitrogens with two attached hydrogens (primary N) is 1. The SMILES string of the molecule is CCCCCCCC(N)Cc1cc(Cl)ccc1Cl. The average Bonchev–Trinajstić information content (AvgIpc) is 2.33. The van der Waals surface area contributed by atoms with Crippen molar-refractivity contribution in [2.75, 3.05) is 0 Å². The van der Waals surface area contributed by atoms with Crippen molar-refractivity contribution in [2.24, 2.45) is 5.73 Å². The van der Waals surface area contributed by atoms with Crippen LogP contribution in [0.15, 0.2) is 18.2 Å². The second-order valence-corrected chi connectivity index (χ2v) is 5.75. The normalized spacial score (nSPS) is 12.7. The monoisotopic (exact) mass is 287 g/mol. The zero-order valence-electron chi connectivity index (χ0n) is 11.1. The summed E-state index contributed by atoms with van der Waals surface area (Å²) in [5, 5.41) is 1.49. The van der Waals surface area contributed by atoms with Crippen LogP contribution in [0.5, 0.6) is 0 Å². The highest BCUT2D eigenvalue weighted by molar-refractivity contribution is 6.33. The third kappa shape index (κ3) is 6.08. The molecule has 102 valence electrons. The quantitative estimate of drug-likeness (QED) is 0.652. The van der Waals surface area contributed by atoms with Crippen molar-refractivity contribution in [1.29, 1.82) is 0 Å². The molecule has 0 fully saturated rings. The maximum absolute atomic E-state index is 6.14. The fourth-order valence-corrected chi connectivity index (χ4v) is 2.48. The Bertz CT molecular complexity index is 352. The molecule has 0 spiro atoms. The molecular weight excluding hydrogens is 265 g/mol. The van der Waals surface area contributed by atoms with E-state index >= 15 is 0 Å². The summed E-state index contributed by atoms with van der Waals surface area (Å²) < 4.78 is 0. The molecule has 1 aromatic carbocycles. The predicted molar refractivity (Wildman–Crippen MR) is 81.5 cm³/mol. The first-order valence-electron chi connectivity index (χ1n) is 6.83. The molecule has 1 atom stereocenters. The number of hydrogen-bond acceptors (Lipinski definition) is 1. The Morgan fingerprint density at radius 2 is 1.83 bits per heavy atom. The van der Waals surface area contributed by atoms with Crippen LogP contribution in [0.25, 0.3) is 0 Å². The van der Waals surface area contributed by atoms with E-state index in [4.69, 9.17) is 28.9 Å². The van der Waals surface area contributed by atoms with Crippen molar-refractivity contribution >= 4 is 23.2 Å². The topological polar surface area (TPSA) is 26.0 Å². The second kappa shape index (κ2) is 8.79. The Balaban J connectivity index is 2.30. The zero-order valence-corrected chi connectivity index (χ0v) is 12.6. The highest BCUT2D eigenvalue weighted by Gasteiger charge is 2.07. The predicted octanol–water partition coefficient (Wildman–Crippen LogP) is 5.22. The van der Waals surface area contributed by atoms with E-state index in [1.165, 1.54) is 32.1 Å². The third-order valence-electron chi connectivity index (χ3n) is 3.17. The van der Waals surface area contributed by atoms with E-state index in [0.717, 1.165) is 28.5 Å². The number of benzene rings is 1. The van der Waals surface area contributed by atoms with Gasteiger partial charge in [-0.15, -0.1) is 0 Å². The third-order valence-corrected chi connectivity index (χ3v) is 3.77. The summed E-state index contributed by atoms with van der Waals surface area (Å²) in [7, 11) is 0. The van der Waals surface area contributed by atoms with Crippen molar-refractivity contribution in [1.82, 2.24) is 0 Å². The maximum atomic E-state index is 6.14. The molecule has 1 rings (SSSR count). The molecule has 1 unspecified atom stereocenters. The second-order valence-electron chi connectivity index (χ2n) is 4.90. The number of unbranched alkanes of at least 4 members (excludes halogenated alkanes) is 4. The van der Waals surface area contributed by atoms with E-state index in [2.05, 4.69) is 6.92 Å². The summed E-state index contributed by atoms with van der Waals surface area (Å²) in [6, 6.07) is 5.75. The molecule has 0 saturated carbocycles. The molecule has 0 saturated heterocycles. The molecule has 18 heavy (non-hydrogen) atoms. The lowest BCUT2D eigenvalue weighted by Gasteiger charge is -2.13. The van der Waals surface area contributed by atoms with Crippen LogP contribution in [0, 0.1) is 0 Å². The van der Waals surface area contributed by atoms with Crippen LogP contribution in [0.3, 0.4) is 0 Å². The van der Waals surface area contributed by atoms with Gasteiger partial charge in [0.2, 0.25) is 0 Å². The molecule has 2 N–H and O–H groups in total. The standard InChI is InChI=1S/C15H23Cl2N/c1-2-3-4-5-6-7-14(18)11-12-10-13(16)8-9-15(12)17/h8-10,14H,2-7,11,18H2,1H3. The van der Waals surface area contributed by atoms with Gasteiger partial charge < -0.3 is 5.73 Å². The van der Waals surface area contributed by atoms with Crippen molar-refractivity contribution in [3.63, 3.8) is 0 Å². The largest absolute Gasteiger partial charge is 0.327 e. The number of halogens is 2. The van der Waals surface area contributed by atoms with Crippen LogP contribution in [0.1, 0.15) is 51.0 Å². The van der Waals surface area contributed by atoms with Crippen molar-refractivity contribution in [3.8, 4) is 0 Å². The first-order chi connectivity index (χ1) is 8.63. The highest BCUT2D eigenvalue weighted by Crippen LogP contribution is 2.22. The highest BCUT2D eigenvalue weighted by atomic mass is 35.5. The van der Waals surface area contributed by atoms with Crippen LogP contribution < -0.4 is 5.73 Å². The van der Waals surface area contributed by atoms with Crippen LogP contribution >= 0.6 is 23.2 Å². The first-order valence-corrected chi connectivity index (χ1v) is 7.58. The molecule has 3 heteroatoms. The van der Waals surface area contributed by atoms with Gasteiger partial charge in [0.05, 0.1) is 0 Å². The first kappa shape index (κ1) is 15.8. The lowest BCUT2D eigenvalue weighted by molar-refractivity contribution is 0.538. The number of hydrogen-bond donors (Lipinski definition) is 1. The summed E-state index contributed by atoms with van der Waals surface area (Å²) in [6.45, 7) is 2.23. The summed E-state index contributed by atoms with van der Waals surface area (Å²) >= 11 is 12.1. The summed E-state index contributed by atoms with van der Waals surface area (Å²) in [5.41, 5.74) is 7.20. The zero-order chi connectivity index (χ0) is 13.4. The van der Waals surface area contributed by atoms with Crippen molar-refractivity contribution < 1.29 is 0 Å². The molecule has 0 radical (unpaired) electrons. The van der Waals surface area contributed by atoms with E-state index in [-0.39, 0.29) is 6.04 Å². The Morgan fingerprint density at radius 1 is 1.11 bits per heavy atom. The Hall–Kier alpha value is -0.240. The fraction of sp³-hybridized carbons (Fsp3) is 0.600. The minimum atomic E-state index is 0.183. The van der Waals surface area contributed by atoms with E-state index in [9.17, 15) is 0 Å². The van der Waals surface area contributed by atoms with E-state index in [0.29, 0.717) is 0 Å². The van der Waals surface area contributed by atoms with E-state index in [1.54, 1.807) is 0 Å². The molecule has 0 bridgehead atoms. The fourth-order valence-electron chi connectivity index (χ4n) is 2.09. The van der Waals surface area contributed by atoms with Gasteiger partial charge in [-0.1, -0.05) is 62.2 Å². The maximum Gasteiger partial charge on any atom is 0.0439 e. The summed E-state index contributed by atoms with van der Waals surface area (Å²) in [4.78, 5) is 0. The molecule has 0 aliphatic heterocycles. The average molecular weight is 288 g/mol. The summed E-state index contributed by atoms with van der Waals surface area (Å²) in [5.74, 6) is 0. The minimum Gasteiger partial charge on any atom is -0.327 e. The van der Waals surface area contributed by atoms with Crippen LogP contribution in [0.4, 0.5) is 0 Å². The van der Waals surface area contributed by atoms with E-state index < -0.39 is 0 Å². The Kier molecular flexibility index (Phi) is 7.73. The van der Waals surface area contributed by atoms with Crippen LogP contribution in [-0.2, 0) is 6.42 Å². The molecule has 0 heterocycles. The van der Waals surface area contributed by atoms with Crippen molar-refractivity contribution in [2.45, 2.75) is 57.9 Å². The molecule has 1 nitrogen and oxygen atoms in total. The minimum absolute atomic E-state index is 0.183. The Morgan fingerprint density at radius 3 is 2.56 bits per heavy atom. The van der Waals surface area contributed by atoms with Gasteiger partial charge in [0.15, 0.2) is 0 Å². The Labute approximate surface area is 121 Å². The van der Waals surface area contributed by atoms with Crippen LogP contribution in [0.2, 0.25) is 10.0 Å². The van der Waals surface area contributed by atoms with Gasteiger partial charge in [-0.2, -0.15) is 0 Å². The van der Waals surface area contributed by atoms with Gasteiger partial charge in [-0.25, -0.2) is 0 Å². The van der Waals surface area contributed by atoms with Gasteiger partial charge in [0, 0.05) is 16.1 Å². The molecule has 0 aliphatic rings. The molecular formula is C15H23Cl2N. The number of rotatable bonds is 8.